The number of Topliss-reactive ketones (excluding diaryl/α,β-unsaturated/α-hetero) is 1. The van der Waals surface area contributed by atoms with Gasteiger partial charge in [-0.1, -0.05) is 11.6 Å². The second kappa shape index (κ2) is 3.46. The predicted molar refractivity (Wildman–Crippen MR) is 50.8 cm³/mol. The van der Waals surface area contributed by atoms with Gasteiger partial charge in [-0.3, -0.25) is 4.79 Å². The lowest BCUT2D eigenvalue weighted by Crippen LogP contribution is -1.94. The lowest BCUT2D eigenvalue weighted by Gasteiger charge is -2.03. The van der Waals surface area contributed by atoms with Crippen LogP contribution in [0.25, 0.3) is 0 Å². The minimum atomic E-state index is -0.198. The normalized spacial score (nSPS) is 9.92. The summed E-state index contributed by atoms with van der Waals surface area (Å²) < 4.78 is 0.514. The topological polar surface area (TPSA) is 37.3 Å². The first kappa shape index (κ1) is 9.55. The third-order valence-corrected chi connectivity index (χ3v) is 2.23. The lowest BCUT2D eigenvalue weighted by molar-refractivity contribution is 0.101. The highest BCUT2D eigenvalue weighted by Gasteiger charge is 2.11. The number of aromatic hydroxyl groups is 1. The molecule has 12 heavy (non-hydrogen) atoms. The minimum absolute atomic E-state index is 0.0955. The molecule has 1 aromatic rings. The summed E-state index contributed by atoms with van der Waals surface area (Å²) in [6.45, 7) is 1.38. The minimum Gasteiger partial charge on any atom is -0.507 e. The number of phenolic OH excluding ortho intramolecular Hbond substituents is 1. The van der Waals surface area contributed by atoms with E-state index in [0.717, 1.165) is 0 Å². The van der Waals surface area contributed by atoms with E-state index in [1.807, 2.05) is 0 Å². The summed E-state index contributed by atoms with van der Waals surface area (Å²) in [5.74, 6) is -0.294. The monoisotopic (exact) mass is 248 g/mol. The molecule has 1 rings (SSSR count). The number of halogens is 2. The summed E-state index contributed by atoms with van der Waals surface area (Å²) in [6.07, 6.45) is 0. The van der Waals surface area contributed by atoms with Crippen LogP contribution < -0.4 is 0 Å². The van der Waals surface area contributed by atoms with E-state index in [1.165, 1.54) is 13.0 Å². The van der Waals surface area contributed by atoms with Crippen LogP contribution in [0, 0.1) is 0 Å². The standard InChI is InChI=1S/C8H6BrClO2/c1-4(11)8-6(9)2-5(10)3-7(8)12/h2-3,12H,1H3. The van der Waals surface area contributed by atoms with Crippen LogP contribution in [-0.2, 0) is 0 Å². The predicted octanol–water partition coefficient (Wildman–Crippen LogP) is 3.01. The van der Waals surface area contributed by atoms with E-state index in [-0.39, 0.29) is 17.1 Å². The Morgan fingerprint density at radius 2 is 2.17 bits per heavy atom. The zero-order valence-electron chi connectivity index (χ0n) is 6.27. The fourth-order valence-corrected chi connectivity index (χ4v) is 1.98. The van der Waals surface area contributed by atoms with Crippen LogP contribution in [0.4, 0.5) is 0 Å². The van der Waals surface area contributed by atoms with Gasteiger partial charge >= 0.3 is 0 Å². The molecule has 0 unspecified atom stereocenters. The summed E-state index contributed by atoms with van der Waals surface area (Å²) in [5, 5.41) is 9.70. The fraction of sp³-hybridized carbons (Fsp3) is 0.125. The zero-order valence-corrected chi connectivity index (χ0v) is 8.61. The van der Waals surface area contributed by atoms with Gasteiger partial charge < -0.3 is 5.11 Å². The molecule has 0 spiro atoms. The maximum atomic E-state index is 11.0. The van der Waals surface area contributed by atoms with Crippen molar-refractivity contribution in [3.8, 4) is 5.75 Å². The molecule has 0 aliphatic carbocycles. The second-order valence-corrected chi connectivity index (χ2v) is 3.63. The molecule has 2 nitrogen and oxygen atoms in total. The van der Waals surface area contributed by atoms with Crippen molar-refractivity contribution in [3.63, 3.8) is 0 Å². The van der Waals surface area contributed by atoms with Crippen LogP contribution in [0.5, 0.6) is 5.75 Å². The van der Waals surface area contributed by atoms with E-state index in [1.54, 1.807) is 6.07 Å². The van der Waals surface area contributed by atoms with Crippen molar-refractivity contribution in [2.24, 2.45) is 0 Å². The third-order valence-electron chi connectivity index (χ3n) is 1.39. The molecule has 0 aliphatic rings. The average Bonchev–Trinajstić information content (AvgIpc) is 1.82. The Labute approximate surface area is 83.3 Å². The summed E-state index contributed by atoms with van der Waals surface area (Å²) in [7, 11) is 0. The number of carbonyl (C=O) groups excluding carboxylic acids is 1. The van der Waals surface area contributed by atoms with Gasteiger partial charge in [0.25, 0.3) is 0 Å². The highest BCUT2D eigenvalue weighted by atomic mass is 79.9. The maximum absolute atomic E-state index is 11.0. The quantitative estimate of drug-likeness (QED) is 0.777. The number of phenols is 1. The SMILES string of the molecule is CC(=O)c1c(O)cc(Cl)cc1Br. The Hall–Kier alpha value is -0.540. The van der Waals surface area contributed by atoms with Gasteiger partial charge in [-0.25, -0.2) is 0 Å². The summed E-state index contributed by atoms with van der Waals surface area (Å²) in [6, 6.07) is 2.90. The van der Waals surface area contributed by atoms with Gasteiger partial charge in [-0.2, -0.15) is 0 Å². The zero-order chi connectivity index (χ0) is 9.30. The van der Waals surface area contributed by atoms with Crippen molar-refractivity contribution in [1.29, 1.82) is 0 Å². The summed E-state index contributed by atoms with van der Waals surface area (Å²) in [5.41, 5.74) is 0.263. The van der Waals surface area contributed by atoms with Crippen LogP contribution in [0.2, 0.25) is 5.02 Å². The van der Waals surface area contributed by atoms with Crippen LogP contribution >= 0.6 is 27.5 Å². The molecule has 0 bridgehead atoms. The van der Waals surface area contributed by atoms with Gasteiger partial charge in [0.15, 0.2) is 5.78 Å². The van der Waals surface area contributed by atoms with Crippen molar-refractivity contribution in [2.45, 2.75) is 6.92 Å². The molecule has 0 fully saturated rings. The van der Waals surface area contributed by atoms with Gasteiger partial charge in [0.2, 0.25) is 0 Å². The smallest absolute Gasteiger partial charge is 0.164 e. The number of hydrogen-bond donors (Lipinski definition) is 1. The Morgan fingerprint density at radius 1 is 1.58 bits per heavy atom. The van der Waals surface area contributed by atoms with E-state index < -0.39 is 0 Å². The molecule has 0 aliphatic heterocycles. The van der Waals surface area contributed by atoms with Gasteiger partial charge in [0.1, 0.15) is 5.75 Å². The Balaban J connectivity index is 3.38. The molecule has 0 saturated heterocycles. The van der Waals surface area contributed by atoms with E-state index in [4.69, 9.17) is 11.6 Å². The molecule has 0 heterocycles. The first-order chi connectivity index (χ1) is 5.52. The molecule has 0 saturated carbocycles. The van der Waals surface area contributed by atoms with Crippen LogP contribution in [0.15, 0.2) is 16.6 Å². The Morgan fingerprint density at radius 3 is 2.58 bits per heavy atom. The third kappa shape index (κ3) is 1.79. The molecule has 1 aromatic carbocycles. The highest BCUT2D eigenvalue weighted by molar-refractivity contribution is 9.10. The van der Waals surface area contributed by atoms with Gasteiger partial charge in [-0.05, 0) is 35.0 Å². The molecular weight excluding hydrogens is 243 g/mol. The number of carbonyl (C=O) groups is 1. The van der Waals surface area contributed by atoms with Crippen LogP contribution in [0.3, 0.4) is 0 Å². The average molecular weight is 249 g/mol. The number of rotatable bonds is 1. The molecule has 0 aromatic heterocycles. The van der Waals surface area contributed by atoms with Gasteiger partial charge in [0.05, 0.1) is 5.56 Å². The van der Waals surface area contributed by atoms with Crippen molar-refractivity contribution in [1.82, 2.24) is 0 Å². The number of ketones is 1. The van der Waals surface area contributed by atoms with Gasteiger partial charge in [-0.15, -0.1) is 0 Å². The maximum Gasteiger partial charge on any atom is 0.164 e. The Bertz CT molecular complexity index is 313. The van der Waals surface area contributed by atoms with E-state index in [9.17, 15) is 9.90 Å². The molecular formula is C8H6BrClO2. The van der Waals surface area contributed by atoms with Gasteiger partial charge in [0, 0.05) is 9.50 Å². The Kier molecular flexibility index (Phi) is 2.75. The molecule has 0 amide bonds. The summed E-state index contributed by atoms with van der Waals surface area (Å²) in [4.78, 5) is 11.0. The highest BCUT2D eigenvalue weighted by Crippen LogP contribution is 2.30. The van der Waals surface area contributed by atoms with Crippen molar-refractivity contribution >= 4 is 33.3 Å². The largest absolute Gasteiger partial charge is 0.507 e. The number of hydrogen-bond acceptors (Lipinski definition) is 2. The first-order valence-electron chi connectivity index (χ1n) is 3.21. The molecule has 1 N–H and O–H groups in total. The fourth-order valence-electron chi connectivity index (χ4n) is 0.909. The van der Waals surface area contributed by atoms with Crippen molar-refractivity contribution in [3.05, 3.63) is 27.2 Å². The molecule has 0 atom stereocenters. The van der Waals surface area contributed by atoms with E-state index in [0.29, 0.717) is 9.50 Å². The van der Waals surface area contributed by atoms with Crippen molar-refractivity contribution in [2.75, 3.05) is 0 Å². The first-order valence-corrected chi connectivity index (χ1v) is 4.38. The van der Waals surface area contributed by atoms with E-state index in [2.05, 4.69) is 15.9 Å². The summed E-state index contributed by atoms with van der Waals surface area (Å²) >= 11 is 8.76. The van der Waals surface area contributed by atoms with Crippen LogP contribution in [0.1, 0.15) is 17.3 Å². The van der Waals surface area contributed by atoms with E-state index >= 15 is 0 Å². The second-order valence-electron chi connectivity index (χ2n) is 2.34. The molecule has 64 valence electrons. The molecule has 0 radical (unpaired) electrons. The molecule has 4 heteroatoms. The lowest BCUT2D eigenvalue weighted by atomic mass is 10.1. The van der Waals surface area contributed by atoms with Crippen LogP contribution in [-0.4, -0.2) is 10.9 Å². The number of benzene rings is 1. The van der Waals surface area contributed by atoms with Crippen molar-refractivity contribution < 1.29 is 9.90 Å².